The zero-order valence-electron chi connectivity index (χ0n) is 24.2. The number of terminal acetylenes is 1. The Morgan fingerprint density at radius 3 is 2.76 bits per heavy atom. The smallest absolute Gasteiger partial charge is 0.272 e. The quantitative estimate of drug-likeness (QED) is 0.271. The second-order valence-corrected chi connectivity index (χ2v) is 11.3. The highest BCUT2D eigenvalue weighted by atomic mass is 35.5. The number of amides is 1. The van der Waals surface area contributed by atoms with Crippen molar-refractivity contribution in [2.45, 2.75) is 38.3 Å². The van der Waals surface area contributed by atoms with Crippen molar-refractivity contribution >= 4 is 40.3 Å². The molecule has 10 heteroatoms. The number of carbonyl (C=O) groups excluding carboxylic acids is 1. The molecule has 1 atom stereocenters. The number of anilines is 3. The fraction of sp³-hybridized carbons (Fsp3) is 0.312. The van der Waals surface area contributed by atoms with Crippen LogP contribution in [0.15, 0.2) is 61.1 Å². The fourth-order valence-electron chi connectivity index (χ4n) is 5.37. The van der Waals surface area contributed by atoms with Crippen molar-refractivity contribution in [3.63, 3.8) is 0 Å². The van der Waals surface area contributed by atoms with Gasteiger partial charge in [0.05, 0.1) is 35.1 Å². The number of aromatic nitrogens is 3. The van der Waals surface area contributed by atoms with Gasteiger partial charge in [0, 0.05) is 55.7 Å². The summed E-state index contributed by atoms with van der Waals surface area (Å²) in [5.74, 6) is 3.09. The maximum atomic E-state index is 13.5. The molecule has 2 aliphatic heterocycles. The summed E-state index contributed by atoms with van der Waals surface area (Å²) in [4.78, 5) is 30.6. The van der Waals surface area contributed by atoms with Crippen LogP contribution in [0.5, 0.6) is 0 Å². The van der Waals surface area contributed by atoms with Gasteiger partial charge in [-0.1, -0.05) is 24.1 Å². The van der Waals surface area contributed by atoms with Crippen LogP contribution >= 0.6 is 11.6 Å². The predicted molar refractivity (Wildman–Crippen MR) is 167 cm³/mol. The molecule has 0 saturated carbocycles. The summed E-state index contributed by atoms with van der Waals surface area (Å²) in [6, 6.07) is 9.44. The molecule has 0 aliphatic carbocycles. The summed E-state index contributed by atoms with van der Waals surface area (Å²) in [5, 5.41) is 7.09. The van der Waals surface area contributed by atoms with Gasteiger partial charge in [-0.05, 0) is 63.1 Å². The number of carbonyl (C=O) groups is 1. The maximum Gasteiger partial charge on any atom is 0.272 e. The van der Waals surface area contributed by atoms with Crippen molar-refractivity contribution in [2.75, 3.05) is 37.5 Å². The van der Waals surface area contributed by atoms with Crippen molar-refractivity contribution in [2.24, 2.45) is 0 Å². The minimum Gasteiger partial charge on any atom is -0.383 e. The highest BCUT2D eigenvalue weighted by Crippen LogP contribution is 2.38. The van der Waals surface area contributed by atoms with Gasteiger partial charge in [-0.2, -0.15) is 0 Å². The van der Waals surface area contributed by atoms with Gasteiger partial charge in [0.15, 0.2) is 5.82 Å². The Labute approximate surface area is 251 Å². The fourth-order valence-corrected chi connectivity index (χ4v) is 5.61. The number of likely N-dealkylation sites (tertiary alicyclic amines) is 1. The van der Waals surface area contributed by atoms with Crippen molar-refractivity contribution < 1.29 is 9.53 Å². The van der Waals surface area contributed by atoms with Gasteiger partial charge in [0.25, 0.3) is 5.91 Å². The molecule has 2 aromatic heterocycles. The number of hydrogen-bond donors (Lipinski definition) is 2. The van der Waals surface area contributed by atoms with Crippen LogP contribution in [0.1, 0.15) is 54.1 Å². The SMILES string of the molecule is C#Cc1c(Nc2ccc3c(c2)C(NC(C)(C)c2ncccn2)=CC(=C)N3C)cc(C(=O)N2CCC[C@H]2COC)nc1Cl. The standard InChI is InChI=1S/C32H34ClN7O2/c1-7-23-25(18-27(37-29(23)33)30(41)40-15-8-10-22(40)19-42-6)36-21-11-12-28-24(17-21)26(16-20(2)39(28)5)38-32(3,4)31-34-13-9-14-35-31/h1,9,11-14,16-18,22,38H,2,8,10,15,19H2,3-6H3,(H,36,37)/t22-/m0/s1. The van der Waals surface area contributed by atoms with Crippen molar-refractivity contribution in [1.29, 1.82) is 0 Å². The number of ether oxygens (including phenoxy) is 1. The maximum absolute atomic E-state index is 13.5. The first-order chi connectivity index (χ1) is 20.1. The van der Waals surface area contributed by atoms with E-state index < -0.39 is 5.54 Å². The normalized spacial score (nSPS) is 16.5. The lowest BCUT2D eigenvalue weighted by Crippen LogP contribution is -2.38. The van der Waals surface area contributed by atoms with E-state index in [0.717, 1.165) is 41.2 Å². The van der Waals surface area contributed by atoms with Crippen LogP contribution < -0.4 is 15.5 Å². The Balaban J connectivity index is 1.48. The molecule has 0 unspecified atom stereocenters. The van der Waals surface area contributed by atoms with Gasteiger partial charge in [-0.15, -0.1) is 6.42 Å². The molecule has 42 heavy (non-hydrogen) atoms. The first-order valence-corrected chi connectivity index (χ1v) is 14.1. The summed E-state index contributed by atoms with van der Waals surface area (Å²) in [5.41, 5.74) is 4.94. The van der Waals surface area contributed by atoms with E-state index in [4.69, 9.17) is 22.8 Å². The van der Waals surface area contributed by atoms with Gasteiger partial charge in [0.1, 0.15) is 10.8 Å². The van der Waals surface area contributed by atoms with Crippen molar-refractivity contribution in [3.8, 4) is 12.3 Å². The number of nitrogens with zero attached hydrogens (tertiary/aromatic N) is 5. The van der Waals surface area contributed by atoms with E-state index >= 15 is 0 Å². The van der Waals surface area contributed by atoms with Gasteiger partial charge >= 0.3 is 0 Å². The van der Waals surface area contributed by atoms with Crippen LogP contribution in [-0.2, 0) is 10.3 Å². The Hall–Kier alpha value is -4.39. The van der Waals surface area contributed by atoms with E-state index in [9.17, 15) is 4.79 Å². The second-order valence-electron chi connectivity index (χ2n) is 10.9. The van der Waals surface area contributed by atoms with Crippen molar-refractivity contribution in [1.82, 2.24) is 25.2 Å². The molecule has 2 N–H and O–H groups in total. The molecule has 2 aliphatic rings. The molecule has 0 spiro atoms. The summed E-state index contributed by atoms with van der Waals surface area (Å²) >= 11 is 6.52. The minimum absolute atomic E-state index is 0.00225. The van der Waals surface area contributed by atoms with E-state index in [1.54, 1.807) is 36.5 Å². The molecule has 1 aromatic carbocycles. The van der Waals surface area contributed by atoms with Gasteiger partial charge in [0.2, 0.25) is 0 Å². The molecule has 9 nitrogen and oxygen atoms in total. The monoisotopic (exact) mass is 583 g/mol. The molecule has 5 rings (SSSR count). The summed E-state index contributed by atoms with van der Waals surface area (Å²) in [7, 11) is 3.61. The third kappa shape index (κ3) is 5.69. The molecule has 0 bridgehead atoms. The Bertz CT molecular complexity index is 1600. The van der Waals surface area contributed by atoms with Crippen molar-refractivity contribution in [3.05, 3.63) is 88.9 Å². The number of pyridine rings is 1. The van der Waals surface area contributed by atoms with Crippen LogP contribution in [0.3, 0.4) is 0 Å². The van der Waals surface area contributed by atoms with E-state index in [1.807, 2.05) is 50.1 Å². The Morgan fingerprint density at radius 1 is 1.29 bits per heavy atom. The highest BCUT2D eigenvalue weighted by Gasteiger charge is 2.31. The second kappa shape index (κ2) is 11.8. The lowest BCUT2D eigenvalue weighted by atomic mass is 9.97. The largest absolute Gasteiger partial charge is 0.383 e. The Morgan fingerprint density at radius 2 is 2.05 bits per heavy atom. The third-order valence-corrected chi connectivity index (χ3v) is 7.85. The lowest BCUT2D eigenvalue weighted by molar-refractivity contribution is 0.0625. The summed E-state index contributed by atoms with van der Waals surface area (Å²) in [6.45, 7) is 9.39. The molecule has 216 valence electrons. The molecule has 1 saturated heterocycles. The average Bonchev–Trinajstić information content (AvgIpc) is 3.44. The molecule has 0 radical (unpaired) electrons. The first-order valence-electron chi connectivity index (χ1n) is 13.7. The molecule has 1 amide bonds. The highest BCUT2D eigenvalue weighted by molar-refractivity contribution is 6.31. The van der Waals surface area contributed by atoms with Gasteiger partial charge in [-0.3, -0.25) is 4.79 Å². The zero-order chi connectivity index (χ0) is 30.0. The van der Waals surface area contributed by atoms with Crippen LogP contribution in [0, 0.1) is 12.3 Å². The molecule has 4 heterocycles. The number of hydrogen-bond acceptors (Lipinski definition) is 8. The van der Waals surface area contributed by atoms with Gasteiger partial charge < -0.3 is 25.2 Å². The minimum atomic E-state index is -0.565. The average molecular weight is 584 g/mol. The van der Waals surface area contributed by atoms with Crippen LogP contribution in [0.25, 0.3) is 5.70 Å². The number of rotatable bonds is 8. The molecular weight excluding hydrogens is 550 g/mol. The number of halogens is 1. The van der Waals surface area contributed by atoms with E-state index in [-0.39, 0.29) is 22.8 Å². The number of allylic oxidation sites excluding steroid dienone is 1. The van der Waals surface area contributed by atoms with Crippen LogP contribution in [-0.4, -0.2) is 59.1 Å². The zero-order valence-corrected chi connectivity index (χ0v) is 25.0. The molecule has 1 fully saturated rings. The lowest BCUT2D eigenvalue weighted by Gasteiger charge is -2.34. The third-order valence-electron chi connectivity index (χ3n) is 7.58. The number of benzene rings is 1. The van der Waals surface area contributed by atoms with Crippen LogP contribution in [0.4, 0.5) is 17.1 Å². The molecule has 3 aromatic rings. The van der Waals surface area contributed by atoms with Gasteiger partial charge in [-0.25, -0.2) is 15.0 Å². The summed E-state index contributed by atoms with van der Waals surface area (Å²) in [6.07, 6.45) is 13.1. The topological polar surface area (TPSA) is 95.5 Å². The first kappa shape index (κ1) is 29.1. The Kier molecular flexibility index (Phi) is 8.21. The molecular formula is C32H34ClN7O2. The summed E-state index contributed by atoms with van der Waals surface area (Å²) < 4.78 is 5.32. The number of methoxy groups -OCH3 is 1. The number of nitrogens with one attached hydrogen (secondary N) is 2. The number of fused-ring (bicyclic) bond motifs is 1. The number of likely N-dealkylation sites (N-methyl/N-ethyl adjacent to an activating group) is 1. The van der Waals surface area contributed by atoms with E-state index in [2.05, 4.69) is 38.1 Å². The van der Waals surface area contributed by atoms with E-state index in [0.29, 0.717) is 30.2 Å². The van der Waals surface area contributed by atoms with Crippen LogP contribution in [0.2, 0.25) is 5.15 Å². The predicted octanol–water partition coefficient (Wildman–Crippen LogP) is 5.33. The van der Waals surface area contributed by atoms with E-state index in [1.165, 1.54) is 0 Å².